The number of ether oxygens (including phenoxy) is 1. The number of hydrogen-bond acceptors (Lipinski definition) is 3. The van der Waals surface area contributed by atoms with E-state index in [0.717, 1.165) is 9.09 Å². The molecule has 0 fully saturated rings. The summed E-state index contributed by atoms with van der Waals surface area (Å²) in [4.78, 5) is 15.6. The minimum Gasteiger partial charge on any atom is -0.452 e. The minimum absolute atomic E-state index is 0.422. The van der Waals surface area contributed by atoms with E-state index in [1.165, 1.54) is 11.7 Å². The highest BCUT2D eigenvalue weighted by atomic mass is 127. The Morgan fingerprint density at radius 2 is 2.29 bits per heavy atom. The molecule has 2 aromatic heterocycles. The summed E-state index contributed by atoms with van der Waals surface area (Å²) in [6.07, 6.45) is 1.23. The monoisotopic (exact) mass is 302 g/mol. The van der Waals surface area contributed by atoms with E-state index in [2.05, 4.69) is 32.3 Å². The molecule has 2 heterocycles. The summed E-state index contributed by atoms with van der Waals surface area (Å²) in [6.45, 7) is 0. The van der Waals surface area contributed by atoms with Crippen LogP contribution in [0.2, 0.25) is 0 Å². The maximum Gasteiger partial charge on any atom is 0.419 e. The van der Waals surface area contributed by atoms with Crippen molar-refractivity contribution in [2.75, 3.05) is 7.11 Å². The molecular formula is C9H7IN2O2. The molecule has 14 heavy (non-hydrogen) atoms. The second-order valence-electron chi connectivity index (χ2n) is 2.70. The van der Waals surface area contributed by atoms with Gasteiger partial charge in [0.15, 0.2) is 5.65 Å². The standard InChI is InChI=1S/C9H7IN2O2/c1-14-9(13)12-5-4-6-2-3-7(10)11-8(6)12/h2-5H,1H3. The second kappa shape index (κ2) is 3.56. The van der Waals surface area contributed by atoms with Crippen LogP contribution in [-0.2, 0) is 4.74 Å². The molecule has 72 valence electrons. The lowest BCUT2D eigenvalue weighted by atomic mass is 10.3. The zero-order chi connectivity index (χ0) is 10.1. The predicted octanol–water partition coefficient (Wildman–Crippen LogP) is 2.26. The van der Waals surface area contributed by atoms with Crippen molar-refractivity contribution in [3.05, 3.63) is 28.1 Å². The van der Waals surface area contributed by atoms with Gasteiger partial charge < -0.3 is 4.74 Å². The van der Waals surface area contributed by atoms with Crippen molar-refractivity contribution in [3.63, 3.8) is 0 Å². The summed E-state index contributed by atoms with van der Waals surface area (Å²) in [7, 11) is 1.35. The number of carbonyl (C=O) groups excluding carboxylic acids is 1. The maximum absolute atomic E-state index is 11.3. The van der Waals surface area contributed by atoms with Crippen LogP contribution in [0, 0.1) is 3.70 Å². The smallest absolute Gasteiger partial charge is 0.419 e. The van der Waals surface area contributed by atoms with Gasteiger partial charge in [-0.15, -0.1) is 0 Å². The molecule has 0 amide bonds. The zero-order valence-electron chi connectivity index (χ0n) is 7.40. The summed E-state index contributed by atoms with van der Waals surface area (Å²) in [5, 5.41) is 0.927. The van der Waals surface area contributed by atoms with Crippen LogP contribution < -0.4 is 0 Å². The topological polar surface area (TPSA) is 44.1 Å². The summed E-state index contributed by atoms with van der Waals surface area (Å²) in [5.74, 6) is 0. The van der Waals surface area contributed by atoms with Gasteiger partial charge in [0, 0.05) is 11.6 Å². The van der Waals surface area contributed by atoms with Gasteiger partial charge in [-0.05, 0) is 40.8 Å². The van der Waals surface area contributed by atoms with Crippen molar-refractivity contribution in [1.29, 1.82) is 0 Å². The fourth-order valence-corrected chi connectivity index (χ4v) is 1.64. The van der Waals surface area contributed by atoms with Crippen LogP contribution in [0.3, 0.4) is 0 Å². The molecular weight excluding hydrogens is 295 g/mol. The minimum atomic E-state index is -0.422. The molecule has 0 N–H and O–H groups in total. The van der Waals surface area contributed by atoms with Gasteiger partial charge in [-0.1, -0.05) is 0 Å². The first-order valence-corrected chi connectivity index (χ1v) is 5.02. The Labute approximate surface area is 94.0 Å². The molecule has 0 aliphatic carbocycles. The molecule has 0 aliphatic heterocycles. The molecule has 0 aromatic carbocycles. The Balaban J connectivity index is 2.67. The Kier molecular flexibility index (Phi) is 2.40. The Morgan fingerprint density at radius 3 is 3.00 bits per heavy atom. The van der Waals surface area contributed by atoms with Crippen LogP contribution in [0.25, 0.3) is 11.0 Å². The molecule has 0 unspecified atom stereocenters. The van der Waals surface area contributed by atoms with Crippen LogP contribution in [0.5, 0.6) is 0 Å². The number of carbonyl (C=O) groups is 1. The molecule has 0 radical (unpaired) electrons. The number of aromatic nitrogens is 2. The number of rotatable bonds is 0. The lowest BCUT2D eigenvalue weighted by Crippen LogP contribution is -2.10. The molecule has 0 aliphatic rings. The molecule has 0 bridgehead atoms. The first-order chi connectivity index (χ1) is 6.72. The van der Waals surface area contributed by atoms with Crippen LogP contribution in [0.4, 0.5) is 4.79 Å². The summed E-state index contributed by atoms with van der Waals surface area (Å²) in [6, 6.07) is 5.64. The quantitative estimate of drug-likeness (QED) is 0.554. The van der Waals surface area contributed by atoms with E-state index in [-0.39, 0.29) is 0 Å². The van der Waals surface area contributed by atoms with Gasteiger partial charge in [0.1, 0.15) is 3.70 Å². The van der Waals surface area contributed by atoms with Gasteiger partial charge in [-0.3, -0.25) is 0 Å². The molecule has 4 nitrogen and oxygen atoms in total. The fourth-order valence-electron chi connectivity index (χ4n) is 1.23. The lowest BCUT2D eigenvalue weighted by molar-refractivity contribution is 0.174. The second-order valence-corrected chi connectivity index (χ2v) is 3.81. The van der Waals surface area contributed by atoms with Crippen molar-refractivity contribution < 1.29 is 9.53 Å². The lowest BCUT2D eigenvalue weighted by Gasteiger charge is -2.00. The van der Waals surface area contributed by atoms with Gasteiger partial charge in [-0.25, -0.2) is 14.3 Å². The van der Waals surface area contributed by atoms with E-state index in [4.69, 9.17) is 0 Å². The zero-order valence-corrected chi connectivity index (χ0v) is 9.56. The number of pyridine rings is 1. The summed E-state index contributed by atoms with van der Waals surface area (Å²) in [5.41, 5.74) is 0.628. The highest BCUT2D eigenvalue weighted by Gasteiger charge is 2.09. The summed E-state index contributed by atoms with van der Waals surface area (Å²) < 4.78 is 6.86. The third kappa shape index (κ3) is 1.47. The van der Waals surface area contributed by atoms with E-state index in [1.807, 2.05) is 18.2 Å². The number of hydrogen-bond donors (Lipinski definition) is 0. The first kappa shape index (κ1) is 9.45. The van der Waals surface area contributed by atoms with E-state index in [9.17, 15) is 4.79 Å². The Morgan fingerprint density at radius 1 is 1.50 bits per heavy atom. The van der Waals surface area contributed by atoms with Crippen molar-refractivity contribution in [2.45, 2.75) is 0 Å². The van der Waals surface area contributed by atoms with Gasteiger partial charge >= 0.3 is 6.09 Å². The van der Waals surface area contributed by atoms with Crippen molar-refractivity contribution in [1.82, 2.24) is 9.55 Å². The molecule has 0 saturated heterocycles. The molecule has 2 aromatic rings. The van der Waals surface area contributed by atoms with E-state index >= 15 is 0 Å². The molecule has 0 spiro atoms. The first-order valence-electron chi connectivity index (χ1n) is 3.94. The number of halogens is 1. The molecule has 0 atom stereocenters. The van der Waals surface area contributed by atoms with Crippen LogP contribution >= 0.6 is 22.6 Å². The maximum atomic E-state index is 11.3. The third-order valence-corrected chi connectivity index (χ3v) is 2.47. The highest BCUT2D eigenvalue weighted by Crippen LogP contribution is 2.15. The number of methoxy groups -OCH3 is 1. The van der Waals surface area contributed by atoms with Gasteiger partial charge in [-0.2, -0.15) is 0 Å². The van der Waals surface area contributed by atoms with Gasteiger partial charge in [0.25, 0.3) is 0 Å². The van der Waals surface area contributed by atoms with E-state index in [1.54, 1.807) is 6.20 Å². The largest absolute Gasteiger partial charge is 0.452 e. The normalized spacial score (nSPS) is 10.4. The fraction of sp³-hybridized carbons (Fsp3) is 0.111. The average Bonchev–Trinajstić information content (AvgIpc) is 2.59. The third-order valence-electron chi connectivity index (χ3n) is 1.87. The Bertz CT molecular complexity index is 493. The average molecular weight is 302 g/mol. The van der Waals surface area contributed by atoms with Gasteiger partial charge in [0.05, 0.1) is 7.11 Å². The highest BCUT2D eigenvalue weighted by molar-refractivity contribution is 14.1. The van der Waals surface area contributed by atoms with Crippen LogP contribution in [0.15, 0.2) is 24.4 Å². The van der Waals surface area contributed by atoms with Crippen molar-refractivity contribution in [3.8, 4) is 0 Å². The molecule has 0 saturated carbocycles. The Hall–Kier alpha value is -1.11. The SMILES string of the molecule is COC(=O)n1ccc2ccc(I)nc21. The molecule has 5 heteroatoms. The van der Waals surface area contributed by atoms with E-state index < -0.39 is 6.09 Å². The number of nitrogens with zero attached hydrogens (tertiary/aromatic N) is 2. The van der Waals surface area contributed by atoms with E-state index in [0.29, 0.717) is 5.65 Å². The predicted molar refractivity (Wildman–Crippen MR) is 60.3 cm³/mol. The van der Waals surface area contributed by atoms with Crippen LogP contribution in [-0.4, -0.2) is 22.8 Å². The summed E-state index contributed by atoms with van der Waals surface area (Å²) >= 11 is 2.10. The van der Waals surface area contributed by atoms with Crippen molar-refractivity contribution in [2.24, 2.45) is 0 Å². The number of fused-ring (bicyclic) bond motifs is 1. The molecule has 2 rings (SSSR count). The van der Waals surface area contributed by atoms with Crippen molar-refractivity contribution >= 4 is 39.7 Å². The van der Waals surface area contributed by atoms with Gasteiger partial charge in [0.2, 0.25) is 0 Å². The van der Waals surface area contributed by atoms with Crippen LogP contribution in [0.1, 0.15) is 0 Å².